The SMILES string of the molecule is c1ccc(N(c2ccc3c(c2)oc2cccc(-c4nc5ccccc5o4)c23)c2ccc3c(c2)sc2cccc(-c4ccc5ccccc5c4)c23)cc1. The number of fused-ring (bicyclic) bond motifs is 8. The minimum Gasteiger partial charge on any atom is -0.456 e. The molecule has 0 saturated heterocycles. The average molecular weight is 685 g/mol. The van der Waals surface area contributed by atoms with Gasteiger partial charge in [-0.1, -0.05) is 91.0 Å². The molecule has 0 saturated carbocycles. The maximum absolute atomic E-state index is 6.55. The molecule has 0 spiro atoms. The lowest BCUT2D eigenvalue weighted by Crippen LogP contribution is -2.09. The fourth-order valence-electron chi connectivity index (χ4n) is 7.69. The molecule has 0 radical (unpaired) electrons. The zero-order valence-corrected chi connectivity index (χ0v) is 28.6. The topological polar surface area (TPSA) is 42.4 Å². The molecule has 8 aromatic carbocycles. The highest BCUT2D eigenvalue weighted by molar-refractivity contribution is 7.26. The summed E-state index contributed by atoms with van der Waals surface area (Å²) in [6.07, 6.45) is 0. The van der Waals surface area contributed by atoms with E-state index in [0.717, 1.165) is 55.7 Å². The van der Waals surface area contributed by atoms with Crippen LogP contribution in [0.3, 0.4) is 0 Å². The fraction of sp³-hybridized carbons (Fsp3) is 0. The third kappa shape index (κ3) is 4.57. The first-order valence-electron chi connectivity index (χ1n) is 17.4. The van der Waals surface area contributed by atoms with Gasteiger partial charge in [0.2, 0.25) is 5.89 Å². The van der Waals surface area contributed by atoms with Crippen LogP contribution in [-0.2, 0) is 0 Å². The summed E-state index contributed by atoms with van der Waals surface area (Å²) in [6, 6.07) is 59.8. The number of aromatic nitrogens is 1. The number of furan rings is 1. The van der Waals surface area contributed by atoms with E-state index >= 15 is 0 Å². The fourth-order valence-corrected chi connectivity index (χ4v) is 8.86. The molecule has 5 heteroatoms. The first kappa shape index (κ1) is 29.1. The Morgan fingerprint density at radius 1 is 0.442 bits per heavy atom. The number of hydrogen-bond donors (Lipinski definition) is 0. The normalized spacial score (nSPS) is 11.8. The number of anilines is 3. The molecule has 0 aliphatic heterocycles. The first-order chi connectivity index (χ1) is 25.7. The predicted octanol–water partition coefficient (Wildman–Crippen LogP) is 14.1. The number of para-hydroxylation sites is 3. The third-order valence-corrected chi connectivity index (χ3v) is 11.2. The lowest BCUT2D eigenvalue weighted by Gasteiger charge is -2.25. The number of thiophene rings is 1. The first-order valence-corrected chi connectivity index (χ1v) is 18.2. The monoisotopic (exact) mass is 684 g/mol. The van der Waals surface area contributed by atoms with Crippen molar-refractivity contribution in [2.45, 2.75) is 0 Å². The molecule has 0 unspecified atom stereocenters. The second-order valence-electron chi connectivity index (χ2n) is 13.1. The van der Waals surface area contributed by atoms with Gasteiger partial charge in [0.15, 0.2) is 5.58 Å². The zero-order valence-electron chi connectivity index (χ0n) is 27.8. The molecule has 3 aromatic heterocycles. The van der Waals surface area contributed by atoms with Crippen LogP contribution in [0.2, 0.25) is 0 Å². The Hall–Kier alpha value is -6.69. The van der Waals surface area contributed by atoms with Crippen LogP contribution < -0.4 is 4.90 Å². The standard InChI is InChI=1S/C47H28N2O2S/c1-2-12-32(13-3-1)49(33-22-24-36-42(27-33)50-41-18-8-15-38(45(36)41)47-48-39-16-6-7-17-40(39)51-47)34-23-25-37-44(28-34)52-43-19-9-14-35(46(37)43)31-21-20-29-10-4-5-11-30(29)26-31/h1-28H. The molecule has 11 aromatic rings. The van der Waals surface area contributed by atoms with Crippen molar-refractivity contribution in [2.75, 3.05) is 4.90 Å². The van der Waals surface area contributed by atoms with Crippen LogP contribution in [0.4, 0.5) is 17.1 Å². The molecule has 4 nitrogen and oxygen atoms in total. The molecule has 244 valence electrons. The number of benzene rings is 8. The maximum Gasteiger partial charge on any atom is 0.228 e. The second-order valence-corrected chi connectivity index (χ2v) is 14.2. The van der Waals surface area contributed by atoms with E-state index in [1.54, 1.807) is 0 Å². The largest absolute Gasteiger partial charge is 0.456 e. The summed E-state index contributed by atoms with van der Waals surface area (Å²) >= 11 is 1.84. The van der Waals surface area contributed by atoms with Crippen molar-refractivity contribution in [3.05, 3.63) is 170 Å². The van der Waals surface area contributed by atoms with Gasteiger partial charge in [-0.05, 0) is 94.7 Å². The lowest BCUT2D eigenvalue weighted by atomic mass is 9.97. The summed E-state index contributed by atoms with van der Waals surface area (Å²) in [6.45, 7) is 0. The van der Waals surface area contributed by atoms with E-state index in [0.29, 0.717) is 5.89 Å². The van der Waals surface area contributed by atoms with Gasteiger partial charge >= 0.3 is 0 Å². The van der Waals surface area contributed by atoms with Crippen molar-refractivity contribution in [1.29, 1.82) is 0 Å². The van der Waals surface area contributed by atoms with Crippen molar-refractivity contribution in [1.82, 2.24) is 4.98 Å². The summed E-state index contributed by atoms with van der Waals surface area (Å²) in [5.74, 6) is 0.588. The molecule has 0 aliphatic carbocycles. The van der Waals surface area contributed by atoms with Gasteiger partial charge in [0, 0.05) is 59.6 Å². The molecule has 0 N–H and O–H groups in total. The van der Waals surface area contributed by atoms with Crippen LogP contribution in [0, 0.1) is 0 Å². The van der Waals surface area contributed by atoms with Gasteiger partial charge in [0.05, 0.1) is 0 Å². The Labute approximate surface area is 302 Å². The van der Waals surface area contributed by atoms with Gasteiger partial charge in [0.25, 0.3) is 0 Å². The van der Waals surface area contributed by atoms with Crippen molar-refractivity contribution >= 4 is 92.4 Å². The molecule has 0 bridgehead atoms. The lowest BCUT2D eigenvalue weighted by molar-refractivity contribution is 0.620. The third-order valence-electron chi connectivity index (χ3n) is 10.1. The van der Waals surface area contributed by atoms with Crippen LogP contribution in [0.5, 0.6) is 0 Å². The Morgan fingerprint density at radius 2 is 1.19 bits per heavy atom. The van der Waals surface area contributed by atoms with Crippen molar-refractivity contribution in [3.8, 4) is 22.6 Å². The average Bonchev–Trinajstić information content (AvgIpc) is 3.91. The quantitative estimate of drug-likeness (QED) is 0.181. The van der Waals surface area contributed by atoms with E-state index in [2.05, 4.69) is 138 Å². The molecule has 0 atom stereocenters. The molecule has 0 fully saturated rings. The Balaban J connectivity index is 1.05. The smallest absolute Gasteiger partial charge is 0.228 e. The molecular weight excluding hydrogens is 657 g/mol. The summed E-state index contributed by atoms with van der Waals surface area (Å²) in [4.78, 5) is 7.11. The van der Waals surface area contributed by atoms with Gasteiger partial charge < -0.3 is 13.7 Å². The zero-order chi connectivity index (χ0) is 34.2. The van der Waals surface area contributed by atoms with Crippen LogP contribution in [0.25, 0.3) is 86.6 Å². The summed E-state index contributed by atoms with van der Waals surface area (Å²) in [5.41, 5.74) is 9.78. The Bertz CT molecular complexity index is 3120. The van der Waals surface area contributed by atoms with E-state index < -0.39 is 0 Å². The number of nitrogens with zero attached hydrogens (tertiary/aromatic N) is 2. The predicted molar refractivity (Wildman–Crippen MR) is 217 cm³/mol. The van der Waals surface area contributed by atoms with Gasteiger partial charge in [-0.25, -0.2) is 4.98 Å². The number of oxazole rings is 1. The highest BCUT2D eigenvalue weighted by Crippen LogP contribution is 2.45. The van der Waals surface area contributed by atoms with E-state index in [1.807, 2.05) is 47.7 Å². The van der Waals surface area contributed by atoms with Crippen LogP contribution in [0.1, 0.15) is 0 Å². The number of rotatable bonds is 5. The molecule has 3 heterocycles. The van der Waals surface area contributed by atoms with Crippen molar-refractivity contribution in [2.24, 2.45) is 0 Å². The Kier molecular flexibility index (Phi) is 6.39. The van der Waals surface area contributed by atoms with Crippen molar-refractivity contribution in [3.63, 3.8) is 0 Å². The Morgan fingerprint density at radius 3 is 2.10 bits per heavy atom. The highest BCUT2D eigenvalue weighted by Gasteiger charge is 2.20. The van der Waals surface area contributed by atoms with Gasteiger partial charge in [-0.3, -0.25) is 0 Å². The summed E-state index contributed by atoms with van der Waals surface area (Å²) in [5, 5.41) is 7.08. The van der Waals surface area contributed by atoms with E-state index in [9.17, 15) is 0 Å². The second kappa shape index (κ2) is 11.4. The van der Waals surface area contributed by atoms with E-state index in [1.165, 1.54) is 42.1 Å². The van der Waals surface area contributed by atoms with Crippen LogP contribution in [-0.4, -0.2) is 4.98 Å². The van der Waals surface area contributed by atoms with E-state index in [4.69, 9.17) is 13.8 Å². The highest BCUT2D eigenvalue weighted by atomic mass is 32.1. The van der Waals surface area contributed by atoms with Gasteiger partial charge in [-0.15, -0.1) is 11.3 Å². The number of hydrogen-bond acceptors (Lipinski definition) is 5. The molecule has 0 aliphatic rings. The molecule has 0 amide bonds. The summed E-state index contributed by atoms with van der Waals surface area (Å²) < 4.78 is 15.3. The molecule has 11 rings (SSSR count). The van der Waals surface area contributed by atoms with Gasteiger partial charge in [0.1, 0.15) is 16.7 Å². The van der Waals surface area contributed by atoms with Crippen molar-refractivity contribution < 1.29 is 8.83 Å². The minimum absolute atomic E-state index is 0.588. The van der Waals surface area contributed by atoms with Gasteiger partial charge in [-0.2, -0.15) is 0 Å². The molecule has 52 heavy (non-hydrogen) atoms. The van der Waals surface area contributed by atoms with Crippen LogP contribution in [0.15, 0.2) is 179 Å². The maximum atomic E-state index is 6.55. The molecular formula is C47H28N2O2S. The minimum atomic E-state index is 0.588. The van der Waals surface area contributed by atoms with Crippen LogP contribution >= 0.6 is 11.3 Å². The van der Waals surface area contributed by atoms with E-state index in [-0.39, 0.29) is 0 Å². The summed E-state index contributed by atoms with van der Waals surface area (Å²) in [7, 11) is 0.